The maximum absolute atomic E-state index is 5.89. The van der Waals surface area contributed by atoms with Gasteiger partial charge in [-0.15, -0.1) is 11.6 Å². The number of imidazole rings is 1. The second-order valence-electron chi connectivity index (χ2n) is 4.71. The van der Waals surface area contributed by atoms with E-state index in [0.29, 0.717) is 11.9 Å². The van der Waals surface area contributed by atoms with E-state index in [1.165, 1.54) is 12.2 Å². The normalized spacial score (nSPS) is 19.8. The van der Waals surface area contributed by atoms with Gasteiger partial charge in [0, 0.05) is 30.3 Å². The zero-order valence-electron chi connectivity index (χ0n) is 10.4. The first-order valence-electron chi connectivity index (χ1n) is 6.27. The number of nitrogens with zero attached hydrogens (tertiary/aromatic N) is 3. The third-order valence-electron chi connectivity index (χ3n) is 3.33. The smallest absolute Gasteiger partial charge is 0.160 e. The highest BCUT2D eigenvalue weighted by Crippen LogP contribution is 2.31. The molecule has 1 atom stereocenters. The number of hydrogen-bond donors (Lipinski definition) is 0. The quantitative estimate of drug-likeness (QED) is 0.810. The predicted octanol–water partition coefficient (Wildman–Crippen LogP) is 3.20. The molecule has 1 unspecified atom stereocenters. The lowest BCUT2D eigenvalue weighted by Crippen LogP contribution is -2.12. The molecule has 1 saturated heterocycles. The summed E-state index contributed by atoms with van der Waals surface area (Å²) in [5, 5.41) is 0. The average molecular weight is 282 g/mol. The van der Waals surface area contributed by atoms with Crippen LogP contribution < -0.4 is 0 Å². The van der Waals surface area contributed by atoms with E-state index < -0.39 is 0 Å². The summed E-state index contributed by atoms with van der Waals surface area (Å²) in [6.45, 7) is 2.05. The average Bonchev–Trinajstić information content (AvgIpc) is 2.95. The molecule has 0 saturated carbocycles. The van der Waals surface area contributed by atoms with E-state index in [1.807, 2.05) is 18.0 Å². The van der Waals surface area contributed by atoms with E-state index in [-0.39, 0.29) is 0 Å². The Morgan fingerprint density at radius 3 is 3.17 bits per heavy atom. The number of aromatic nitrogens is 3. The first kappa shape index (κ1) is 12.3. The molecule has 0 N–H and O–H groups in total. The van der Waals surface area contributed by atoms with Crippen LogP contribution in [0.25, 0.3) is 11.2 Å². The summed E-state index contributed by atoms with van der Waals surface area (Å²) >= 11 is 7.90. The molecule has 0 aromatic carbocycles. The maximum atomic E-state index is 5.89. The highest BCUT2D eigenvalue weighted by molar-refractivity contribution is 7.99. The number of pyridine rings is 1. The van der Waals surface area contributed by atoms with Crippen molar-refractivity contribution >= 4 is 34.5 Å². The van der Waals surface area contributed by atoms with Gasteiger partial charge in [-0.05, 0) is 30.7 Å². The van der Waals surface area contributed by atoms with Gasteiger partial charge < -0.3 is 4.57 Å². The van der Waals surface area contributed by atoms with Crippen LogP contribution in [0.4, 0.5) is 0 Å². The first-order valence-corrected chi connectivity index (χ1v) is 7.95. The highest BCUT2D eigenvalue weighted by Gasteiger charge is 2.23. The lowest BCUT2D eigenvalue weighted by molar-refractivity contribution is 0.548. The number of hydrogen-bond acceptors (Lipinski definition) is 3. The molecule has 1 fully saturated rings. The van der Waals surface area contributed by atoms with Crippen molar-refractivity contribution in [2.45, 2.75) is 25.8 Å². The largest absolute Gasteiger partial charge is 0.309 e. The van der Waals surface area contributed by atoms with Crippen LogP contribution in [-0.4, -0.2) is 31.9 Å². The van der Waals surface area contributed by atoms with Crippen LogP contribution in [-0.2, 0) is 6.42 Å². The van der Waals surface area contributed by atoms with Gasteiger partial charge in [0.25, 0.3) is 0 Å². The fraction of sp³-hybridized carbons (Fsp3) is 0.538. The van der Waals surface area contributed by atoms with Crippen molar-refractivity contribution in [2.24, 2.45) is 0 Å². The summed E-state index contributed by atoms with van der Waals surface area (Å²) in [6.07, 6.45) is 3.95. The molecule has 96 valence electrons. The van der Waals surface area contributed by atoms with Crippen molar-refractivity contribution in [3.63, 3.8) is 0 Å². The third kappa shape index (κ3) is 2.12. The standard InChI is InChI=1S/C13H16ClN3S/c1-9-6-11-13(15-7-9)17(10-3-5-18-8-10)12(16-11)2-4-14/h6-7,10H,2-5,8H2,1H3. The molecule has 0 radical (unpaired) electrons. The Kier molecular flexibility index (Phi) is 3.48. The molecule has 5 heteroatoms. The Bertz CT molecular complexity index is 561. The van der Waals surface area contributed by atoms with Crippen LogP contribution in [0.5, 0.6) is 0 Å². The minimum absolute atomic E-state index is 0.536. The van der Waals surface area contributed by atoms with Gasteiger partial charge in [-0.3, -0.25) is 0 Å². The van der Waals surface area contributed by atoms with Crippen molar-refractivity contribution in [3.05, 3.63) is 23.7 Å². The third-order valence-corrected chi connectivity index (χ3v) is 4.66. The van der Waals surface area contributed by atoms with Gasteiger partial charge in [0.1, 0.15) is 11.3 Å². The Balaban J connectivity index is 2.14. The van der Waals surface area contributed by atoms with Crippen LogP contribution in [0.3, 0.4) is 0 Å². The predicted molar refractivity (Wildman–Crippen MR) is 77.7 cm³/mol. The van der Waals surface area contributed by atoms with E-state index in [2.05, 4.69) is 22.5 Å². The summed E-state index contributed by atoms with van der Waals surface area (Å²) in [5.41, 5.74) is 3.19. The zero-order chi connectivity index (χ0) is 12.5. The zero-order valence-corrected chi connectivity index (χ0v) is 12.0. The molecule has 18 heavy (non-hydrogen) atoms. The lowest BCUT2D eigenvalue weighted by atomic mass is 10.2. The molecule has 2 aromatic rings. The van der Waals surface area contributed by atoms with Crippen molar-refractivity contribution in [1.82, 2.24) is 14.5 Å². The van der Waals surface area contributed by atoms with E-state index in [9.17, 15) is 0 Å². The van der Waals surface area contributed by atoms with E-state index >= 15 is 0 Å². The monoisotopic (exact) mass is 281 g/mol. The number of rotatable bonds is 3. The number of alkyl halides is 1. The van der Waals surface area contributed by atoms with E-state index in [1.54, 1.807) is 0 Å². The van der Waals surface area contributed by atoms with Crippen LogP contribution in [0.1, 0.15) is 23.9 Å². The molecule has 0 amide bonds. The molecule has 3 nitrogen and oxygen atoms in total. The summed E-state index contributed by atoms with van der Waals surface area (Å²) in [5.74, 6) is 4.10. The van der Waals surface area contributed by atoms with Crippen LogP contribution in [0, 0.1) is 6.92 Å². The van der Waals surface area contributed by atoms with Crippen molar-refractivity contribution in [2.75, 3.05) is 17.4 Å². The van der Waals surface area contributed by atoms with Crippen LogP contribution in [0.15, 0.2) is 12.3 Å². The minimum Gasteiger partial charge on any atom is -0.309 e. The summed E-state index contributed by atoms with van der Waals surface area (Å²) in [4.78, 5) is 9.29. The molecular formula is C13H16ClN3S. The summed E-state index contributed by atoms with van der Waals surface area (Å²) < 4.78 is 2.32. The number of halogens is 1. The number of thioether (sulfide) groups is 1. The highest BCUT2D eigenvalue weighted by atomic mass is 35.5. The SMILES string of the molecule is Cc1cnc2c(c1)nc(CCCl)n2C1CCSC1. The fourth-order valence-electron chi connectivity index (χ4n) is 2.50. The number of fused-ring (bicyclic) bond motifs is 1. The Morgan fingerprint density at radius 2 is 2.44 bits per heavy atom. The van der Waals surface area contributed by atoms with E-state index in [0.717, 1.165) is 34.7 Å². The molecule has 1 aliphatic rings. The second-order valence-corrected chi connectivity index (χ2v) is 6.24. The molecule has 0 aliphatic carbocycles. The molecule has 1 aliphatic heterocycles. The molecule has 3 rings (SSSR count). The van der Waals surface area contributed by atoms with E-state index in [4.69, 9.17) is 16.6 Å². The fourth-order valence-corrected chi connectivity index (χ4v) is 3.86. The van der Waals surface area contributed by atoms with Gasteiger partial charge in [-0.1, -0.05) is 0 Å². The Morgan fingerprint density at radius 1 is 1.56 bits per heavy atom. The number of aryl methyl sites for hydroxylation is 2. The molecule has 2 aromatic heterocycles. The molecular weight excluding hydrogens is 266 g/mol. The van der Waals surface area contributed by atoms with Gasteiger partial charge in [0.2, 0.25) is 0 Å². The molecule has 0 bridgehead atoms. The summed E-state index contributed by atoms with van der Waals surface area (Å²) in [6, 6.07) is 2.65. The Labute approximate surface area is 116 Å². The summed E-state index contributed by atoms with van der Waals surface area (Å²) in [7, 11) is 0. The maximum Gasteiger partial charge on any atom is 0.160 e. The molecule has 0 spiro atoms. The van der Waals surface area contributed by atoms with Crippen molar-refractivity contribution < 1.29 is 0 Å². The first-order chi connectivity index (χ1) is 8.79. The van der Waals surface area contributed by atoms with Crippen molar-refractivity contribution in [3.8, 4) is 0 Å². The molecule has 3 heterocycles. The van der Waals surface area contributed by atoms with Crippen molar-refractivity contribution in [1.29, 1.82) is 0 Å². The van der Waals surface area contributed by atoms with Gasteiger partial charge >= 0.3 is 0 Å². The van der Waals surface area contributed by atoms with Crippen LogP contribution in [0.2, 0.25) is 0 Å². The van der Waals surface area contributed by atoms with Gasteiger partial charge in [-0.25, -0.2) is 9.97 Å². The second kappa shape index (κ2) is 5.10. The van der Waals surface area contributed by atoms with Gasteiger partial charge in [0.15, 0.2) is 5.65 Å². The van der Waals surface area contributed by atoms with Crippen LogP contribution >= 0.6 is 23.4 Å². The van der Waals surface area contributed by atoms with Gasteiger partial charge in [0.05, 0.1) is 0 Å². The topological polar surface area (TPSA) is 30.7 Å². The Hall–Kier alpha value is -0.740. The van der Waals surface area contributed by atoms with Gasteiger partial charge in [-0.2, -0.15) is 11.8 Å². The lowest BCUT2D eigenvalue weighted by Gasteiger charge is -2.14. The minimum atomic E-state index is 0.536.